The molecule has 0 spiro atoms. The number of carbonyl (C=O) groups excluding carboxylic acids is 1. The van der Waals surface area contributed by atoms with Gasteiger partial charge in [0, 0.05) is 18.2 Å². The largest absolute Gasteiger partial charge is 0.327 e. The van der Waals surface area contributed by atoms with Gasteiger partial charge in [-0.1, -0.05) is 20.3 Å². The van der Waals surface area contributed by atoms with Crippen LogP contribution in [-0.2, 0) is 17.9 Å². The Balaban J connectivity index is 1.85. The molecule has 2 aromatic rings. The zero-order chi connectivity index (χ0) is 17.1. The van der Waals surface area contributed by atoms with Crippen LogP contribution in [0.3, 0.4) is 0 Å². The lowest BCUT2D eigenvalue weighted by atomic mass is 10.1. The van der Waals surface area contributed by atoms with Gasteiger partial charge in [0.1, 0.15) is 5.82 Å². The smallest absolute Gasteiger partial charge is 0.226 e. The number of amides is 1. The minimum Gasteiger partial charge on any atom is -0.327 e. The molecule has 1 saturated heterocycles. The van der Waals surface area contributed by atoms with Gasteiger partial charge < -0.3 is 9.88 Å². The first-order valence-electron chi connectivity index (χ1n) is 9.11. The van der Waals surface area contributed by atoms with Gasteiger partial charge in [-0.25, -0.2) is 4.98 Å². The van der Waals surface area contributed by atoms with Crippen molar-refractivity contribution in [1.29, 1.82) is 0 Å². The van der Waals surface area contributed by atoms with Crippen molar-refractivity contribution in [2.75, 3.05) is 18.4 Å². The van der Waals surface area contributed by atoms with E-state index >= 15 is 0 Å². The number of aromatic nitrogens is 2. The molecular formula is C19H28N4O. The second-order valence-corrected chi connectivity index (χ2v) is 6.96. The van der Waals surface area contributed by atoms with Crippen molar-refractivity contribution < 1.29 is 4.79 Å². The molecule has 130 valence electrons. The van der Waals surface area contributed by atoms with Gasteiger partial charge in [0.2, 0.25) is 5.91 Å². The molecule has 0 aliphatic carbocycles. The third-order valence-corrected chi connectivity index (χ3v) is 4.75. The molecule has 0 bridgehead atoms. The van der Waals surface area contributed by atoms with Crippen LogP contribution in [0.1, 0.15) is 45.9 Å². The standard InChI is InChI=1S/C19H28N4O/c1-4-23-17-9-8-15(20-19(24)14(2)3)12-16(17)21-18(23)13-22-10-6-5-7-11-22/h8-9,12,14H,4-7,10-11,13H2,1-3H3,(H,20,24). The van der Waals surface area contributed by atoms with Crippen LogP contribution in [0.15, 0.2) is 18.2 Å². The monoisotopic (exact) mass is 328 g/mol. The third-order valence-electron chi connectivity index (χ3n) is 4.75. The molecule has 1 aliphatic heterocycles. The number of aryl methyl sites for hydroxylation is 1. The zero-order valence-electron chi connectivity index (χ0n) is 15.0. The van der Waals surface area contributed by atoms with E-state index in [0.717, 1.165) is 35.6 Å². The fourth-order valence-electron chi connectivity index (χ4n) is 3.34. The lowest BCUT2D eigenvalue weighted by Gasteiger charge is -2.26. The van der Waals surface area contributed by atoms with Gasteiger partial charge in [0.25, 0.3) is 0 Å². The van der Waals surface area contributed by atoms with Crippen LogP contribution >= 0.6 is 0 Å². The van der Waals surface area contributed by atoms with Gasteiger partial charge in [-0.3, -0.25) is 9.69 Å². The molecule has 24 heavy (non-hydrogen) atoms. The summed E-state index contributed by atoms with van der Waals surface area (Å²) in [5, 5.41) is 2.96. The summed E-state index contributed by atoms with van der Waals surface area (Å²) >= 11 is 0. The highest BCUT2D eigenvalue weighted by atomic mass is 16.1. The van der Waals surface area contributed by atoms with Crippen LogP contribution in [0, 0.1) is 5.92 Å². The number of imidazole rings is 1. The van der Waals surface area contributed by atoms with E-state index in [9.17, 15) is 4.79 Å². The van der Waals surface area contributed by atoms with Gasteiger partial charge in [-0.05, 0) is 51.1 Å². The Morgan fingerprint density at radius 2 is 2.00 bits per heavy atom. The molecule has 0 saturated carbocycles. The number of likely N-dealkylation sites (tertiary alicyclic amines) is 1. The molecule has 1 aliphatic rings. The van der Waals surface area contributed by atoms with Gasteiger partial charge in [-0.2, -0.15) is 0 Å². The maximum Gasteiger partial charge on any atom is 0.226 e. The first kappa shape index (κ1) is 17.0. The normalized spacial score (nSPS) is 16.0. The van der Waals surface area contributed by atoms with Gasteiger partial charge in [0.15, 0.2) is 0 Å². The van der Waals surface area contributed by atoms with E-state index in [-0.39, 0.29) is 11.8 Å². The van der Waals surface area contributed by atoms with Crippen molar-refractivity contribution in [3.63, 3.8) is 0 Å². The Hall–Kier alpha value is -1.88. The summed E-state index contributed by atoms with van der Waals surface area (Å²) in [5.74, 6) is 1.14. The first-order valence-corrected chi connectivity index (χ1v) is 9.11. The number of anilines is 1. The summed E-state index contributed by atoms with van der Waals surface area (Å²) in [5.41, 5.74) is 2.93. The van der Waals surface area contributed by atoms with E-state index in [1.54, 1.807) is 0 Å². The predicted octanol–water partition coefficient (Wildman–Crippen LogP) is 3.64. The predicted molar refractivity (Wildman–Crippen MR) is 98.0 cm³/mol. The minimum atomic E-state index is -0.0245. The van der Waals surface area contributed by atoms with Crippen molar-refractivity contribution >= 4 is 22.6 Å². The Labute approximate surface area is 144 Å². The highest BCUT2D eigenvalue weighted by molar-refractivity contribution is 5.94. The number of nitrogens with zero attached hydrogens (tertiary/aromatic N) is 3. The maximum absolute atomic E-state index is 11.9. The number of carbonyl (C=O) groups is 1. The molecule has 5 heteroatoms. The zero-order valence-corrected chi connectivity index (χ0v) is 15.0. The molecule has 1 aromatic carbocycles. The quantitative estimate of drug-likeness (QED) is 0.912. The fraction of sp³-hybridized carbons (Fsp3) is 0.579. The number of nitrogens with one attached hydrogen (secondary N) is 1. The van der Waals surface area contributed by atoms with Crippen molar-refractivity contribution in [3.8, 4) is 0 Å². The summed E-state index contributed by atoms with van der Waals surface area (Å²) in [6, 6.07) is 6.03. The number of benzene rings is 1. The molecule has 5 nitrogen and oxygen atoms in total. The van der Waals surface area contributed by atoms with Gasteiger partial charge in [-0.15, -0.1) is 0 Å². The highest BCUT2D eigenvalue weighted by Crippen LogP contribution is 2.23. The van der Waals surface area contributed by atoms with E-state index < -0.39 is 0 Å². The average Bonchev–Trinajstić information content (AvgIpc) is 2.91. The summed E-state index contributed by atoms with van der Waals surface area (Å²) in [6.07, 6.45) is 3.93. The van der Waals surface area contributed by atoms with Crippen molar-refractivity contribution in [2.45, 2.75) is 53.1 Å². The van der Waals surface area contributed by atoms with E-state index in [0.29, 0.717) is 0 Å². The van der Waals surface area contributed by atoms with E-state index in [4.69, 9.17) is 4.98 Å². The Kier molecular flexibility index (Phi) is 5.19. The molecule has 3 rings (SSSR count). The Morgan fingerprint density at radius 1 is 1.25 bits per heavy atom. The lowest BCUT2D eigenvalue weighted by molar-refractivity contribution is -0.118. The van der Waals surface area contributed by atoms with Gasteiger partial charge >= 0.3 is 0 Å². The van der Waals surface area contributed by atoms with Crippen LogP contribution in [0.5, 0.6) is 0 Å². The van der Waals surface area contributed by atoms with E-state index in [2.05, 4.69) is 27.8 Å². The second kappa shape index (κ2) is 7.34. The van der Waals surface area contributed by atoms with Crippen LogP contribution < -0.4 is 5.32 Å². The van der Waals surface area contributed by atoms with Crippen LogP contribution in [0.2, 0.25) is 0 Å². The molecule has 1 fully saturated rings. The maximum atomic E-state index is 11.9. The van der Waals surface area contributed by atoms with Gasteiger partial charge in [0.05, 0.1) is 17.6 Å². The lowest BCUT2D eigenvalue weighted by Crippen LogP contribution is -2.30. The van der Waals surface area contributed by atoms with Crippen molar-refractivity contribution in [3.05, 3.63) is 24.0 Å². The molecule has 0 radical (unpaired) electrons. The molecule has 1 amide bonds. The van der Waals surface area contributed by atoms with Crippen LogP contribution in [-0.4, -0.2) is 33.4 Å². The number of hydrogen-bond donors (Lipinski definition) is 1. The summed E-state index contributed by atoms with van der Waals surface area (Å²) in [4.78, 5) is 19.3. The van der Waals surface area contributed by atoms with Crippen LogP contribution in [0.4, 0.5) is 5.69 Å². The van der Waals surface area contributed by atoms with E-state index in [1.807, 2.05) is 26.0 Å². The SMILES string of the molecule is CCn1c(CN2CCCCC2)nc2cc(NC(=O)C(C)C)ccc21. The topological polar surface area (TPSA) is 50.2 Å². The number of piperidine rings is 1. The fourth-order valence-corrected chi connectivity index (χ4v) is 3.34. The number of rotatable bonds is 5. The molecule has 1 aromatic heterocycles. The summed E-state index contributed by atoms with van der Waals surface area (Å²) < 4.78 is 2.29. The third kappa shape index (κ3) is 3.61. The summed E-state index contributed by atoms with van der Waals surface area (Å²) in [6.45, 7) is 10.1. The first-order chi connectivity index (χ1) is 11.6. The highest BCUT2D eigenvalue weighted by Gasteiger charge is 2.16. The van der Waals surface area contributed by atoms with Crippen LogP contribution in [0.25, 0.3) is 11.0 Å². The molecule has 0 atom stereocenters. The molecular weight excluding hydrogens is 300 g/mol. The molecule has 2 heterocycles. The number of hydrogen-bond acceptors (Lipinski definition) is 3. The molecule has 1 N–H and O–H groups in total. The number of fused-ring (bicyclic) bond motifs is 1. The Bertz CT molecular complexity index is 713. The van der Waals surface area contributed by atoms with E-state index in [1.165, 1.54) is 32.4 Å². The average molecular weight is 328 g/mol. The summed E-state index contributed by atoms with van der Waals surface area (Å²) in [7, 11) is 0. The molecule has 0 unspecified atom stereocenters. The Morgan fingerprint density at radius 3 is 2.67 bits per heavy atom. The second-order valence-electron chi connectivity index (χ2n) is 6.96. The van der Waals surface area contributed by atoms with Crippen molar-refractivity contribution in [2.24, 2.45) is 5.92 Å². The minimum absolute atomic E-state index is 0.0245. The van der Waals surface area contributed by atoms with Crippen molar-refractivity contribution in [1.82, 2.24) is 14.5 Å².